The number of likely N-dealkylation sites (tertiary alicyclic amines) is 1. The van der Waals surface area contributed by atoms with E-state index in [1.807, 2.05) is 6.92 Å². The van der Waals surface area contributed by atoms with Gasteiger partial charge in [-0.1, -0.05) is 0 Å². The van der Waals surface area contributed by atoms with Gasteiger partial charge in [-0.05, 0) is 26.7 Å². The van der Waals surface area contributed by atoms with E-state index in [0.29, 0.717) is 23.5 Å². The van der Waals surface area contributed by atoms with Crippen molar-refractivity contribution in [3.63, 3.8) is 0 Å². The number of ether oxygens (including phenoxy) is 1. The van der Waals surface area contributed by atoms with E-state index in [0.717, 1.165) is 11.4 Å². The molecule has 0 saturated carbocycles. The number of carboxylic acid groups (broad SMARTS) is 1. The van der Waals surface area contributed by atoms with Crippen molar-refractivity contribution in [1.82, 2.24) is 9.88 Å². The molecule has 1 aliphatic rings. The van der Waals surface area contributed by atoms with Crippen LogP contribution in [0.3, 0.4) is 0 Å². The first-order chi connectivity index (χ1) is 9.45. The van der Waals surface area contributed by atoms with E-state index in [-0.39, 0.29) is 12.0 Å². The Morgan fingerprint density at radius 2 is 2.25 bits per heavy atom. The van der Waals surface area contributed by atoms with Crippen LogP contribution in [0.25, 0.3) is 0 Å². The predicted octanol–water partition coefficient (Wildman–Crippen LogP) is 1.85. The monoisotopic (exact) mass is 298 g/mol. The molecule has 1 saturated heterocycles. The summed E-state index contributed by atoms with van der Waals surface area (Å²) in [6.45, 7) is 4.12. The minimum absolute atomic E-state index is 0.172. The Morgan fingerprint density at radius 3 is 2.85 bits per heavy atom. The SMILES string of the molecule is COC(C)c1nc(C)c(C(=O)N2CCCC2C(=O)O)s1. The lowest BCUT2D eigenvalue weighted by molar-refractivity contribution is -0.141. The summed E-state index contributed by atoms with van der Waals surface area (Å²) in [6, 6.07) is -0.715. The first-order valence-corrected chi connectivity index (χ1v) is 7.31. The fraction of sp³-hybridized carbons (Fsp3) is 0.615. The van der Waals surface area contributed by atoms with Gasteiger partial charge in [0.2, 0.25) is 0 Å². The highest BCUT2D eigenvalue weighted by Gasteiger charge is 2.36. The second kappa shape index (κ2) is 5.88. The maximum absolute atomic E-state index is 12.5. The van der Waals surface area contributed by atoms with Crippen molar-refractivity contribution in [3.05, 3.63) is 15.6 Å². The summed E-state index contributed by atoms with van der Waals surface area (Å²) in [4.78, 5) is 30.0. The van der Waals surface area contributed by atoms with Crippen LogP contribution in [0.2, 0.25) is 0 Å². The number of carboxylic acids is 1. The Balaban J connectivity index is 2.25. The number of methoxy groups -OCH3 is 1. The molecule has 7 heteroatoms. The number of aryl methyl sites for hydroxylation is 1. The van der Waals surface area contributed by atoms with Gasteiger partial charge in [0.25, 0.3) is 5.91 Å². The second-order valence-electron chi connectivity index (χ2n) is 4.84. The molecule has 2 atom stereocenters. The summed E-state index contributed by atoms with van der Waals surface area (Å²) >= 11 is 1.28. The molecule has 1 aromatic heterocycles. The number of hydrogen-bond acceptors (Lipinski definition) is 5. The van der Waals surface area contributed by atoms with Crippen LogP contribution in [0.5, 0.6) is 0 Å². The normalized spacial score (nSPS) is 20.1. The van der Waals surface area contributed by atoms with Gasteiger partial charge in [0.1, 0.15) is 22.0 Å². The molecule has 1 amide bonds. The number of rotatable bonds is 4. The van der Waals surface area contributed by atoms with Crippen molar-refractivity contribution in [2.45, 2.75) is 38.8 Å². The third-order valence-corrected chi connectivity index (χ3v) is 4.81. The topological polar surface area (TPSA) is 79.7 Å². The van der Waals surface area contributed by atoms with Gasteiger partial charge in [-0.25, -0.2) is 9.78 Å². The lowest BCUT2D eigenvalue weighted by Crippen LogP contribution is -2.40. The highest BCUT2D eigenvalue weighted by Crippen LogP contribution is 2.28. The average molecular weight is 298 g/mol. The highest BCUT2D eigenvalue weighted by atomic mass is 32.1. The Morgan fingerprint density at radius 1 is 1.55 bits per heavy atom. The summed E-state index contributed by atoms with van der Waals surface area (Å²) in [5.74, 6) is -1.18. The summed E-state index contributed by atoms with van der Waals surface area (Å²) < 4.78 is 5.20. The molecule has 2 unspecified atom stereocenters. The quantitative estimate of drug-likeness (QED) is 0.917. The van der Waals surface area contributed by atoms with Crippen molar-refractivity contribution in [3.8, 4) is 0 Å². The van der Waals surface area contributed by atoms with Gasteiger partial charge in [-0.2, -0.15) is 0 Å². The molecule has 1 N–H and O–H groups in total. The van der Waals surface area contributed by atoms with Gasteiger partial charge in [-0.15, -0.1) is 11.3 Å². The van der Waals surface area contributed by atoms with Crippen molar-refractivity contribution < 1.29 is 19.4 Å². The third-order valence-electron chi connectivity index (χ3n) is 3.51. The van der Waals surface area contributed by atoms with Gasteiger partial charge >= 0.3 is 5.97 Å². The minimum atomic E-state index is -0.941. The van der Waals surface area contributed by atoms with E-state index in [1.165, 1.54) is 16.2 Å². The fourth-order valence-electron chi connectivity index (χ4n) is 2.29. The molecule has 2 rings (SSSR count). The van der Waals surface area contributed by atoms with Crippen LogP contribution in [0.1, 0.15) is 46.2 Å². The number of hydrogen-bond donors (Lipinski definition) is 1. The molecule has 0 radical (unpaired) electrons. The second-order valence-corrected chi connectivity index (χ2v) is 5.87. The van der Waals surface area contributed by atoms with Crippen LogP contribution in [-0.4, -0.2) is 46.6 Å². The van der Waals surface area contributed by atoms with E-state index in [2.05, 4.69) is 4.98 Å². The maximum atomic E-state index is 12.5. The van der Waals surface area contributed by atoms with Crippen molar-refractivity contribution >= 4 is 23.2 Å². The summed E-state index contributed by atoms with van der Waals surface area (Å²) in [5, 5.41) is 9.89. The fourth-order valence-corrected chi connectivity index (χ4v) is 3.34. The Hall–Kier alpha value is -1.47. The molecular weight excluding hydrogens is 280 g/mol. The van der Waals surface area contributed by atoms with Gasteiger partial charge in [-0.3, -0.25) is 4.79 Å². The van der Waals surface area contributed by atoms with Crippen molar-refractivity contribution in [2.24, 2.45) is 0 Å². The molecule has 0 bridgehead atoms. The number of amides is 1. The lowest BCUT2D eigenvalue weighted by atomic mass is 10.2. The van der Waals surface area contributed by atoms with E-state index < -0.39 is 12.0 Å². The zero-order valence-corrected chi connectivity index (χ0v) is 12.6. The molecule has 1 aliphatic heterocycles. The first-order valence-electron chi connectivity index (χ1n) is 6.49. The molecule has 20 heavy (non-hydrogen) atoms. The van der Waals surface area contributed by atoms with E-state index in [1.54, 1.807) is 14.0 Å². The molecule has 1 aromatic rings. The summed E-state index contributed by atoms with van der Waals surface area (Å²) in [7, 11) is 1.59. The molecule has 110 valence electrons. The number of carbonyl (C=O) groups is 2. The molecule has 0 aliphatic carbocycles. The smallest absolute Gasteiger partial charge is 0.326 e. The minimum Gasteiger partial charge on any atom is -0.480 e. The van der Waals surface area contributed by atoms with Gasteiger partial charge < -0.3 is 14.7 Å². The Kier molecular flexibility index (Phi) is 4.39. The zero-order valence-electron chi connectivity index (χ0n) is 11.8. The average Bonchev–Trinajstić information content (AvgIpc) is 3.03. The number of aromatic nitrogens is 1. The van der Waals surface area contributed by atoms with Gasteiger partial charge in [0, 0.05) is 13.7 Å². The first kappa shape index (κ1) is 14.9. The molecule has 2 heterocycles. The highest BCUT2D eigenvalue weighted by molar-refractivity contribution is 7.13. The maximum Gasteiger partial charge on any atom is 0.326 e. The molecule has 1 fully saturated rings. The van der Waals surface area contributed by atoms with Crippen molar-refractivity contribution in [1.29, 1.82) is 0 Å². The Labute approximate surface area is 121 Å². The number of carbonyl (C=O) groups excluding carboxylic acids is 1. The van der Waals surface area contributed by atoms with Gasteiger partial charge in [0.05, 0.1) is 5.69 Å². The lowest BCUT2D eigenvalue weighted by Gasteiger charge is -2.20. The number of nitrogens with zero attached hydrogens (tertiary/aromatic N) is 2. The van der Waals surface area contributed by atoms with Crippen LogP contribution < -0.4 is 0 Å². The molecule has 6 nitrogen and oxygen atoms in total. The largest absolute Gasteiger partial charge is 0.480 e. The predicted molar refractivity (Wildman–Crippen MR) is 74.0 cm³/mol. The zero-order chi connectivity index (χ0) is 14.9. The van der Waals surface area contributed by atoms with Crippen LogP contribution in [0.15, 0.2) is 0 Å². The molecule has 0 spiro atoms. The van der Waals surface area contributed by atoms with Crippen LogP contribution >= 0.6 is 11.3 Å². The Bertz CT molecular complexity index is 528. The van der Waals surface area contributed by atoms with Crippen LogP contribution in [0.4, 0.5) is 0 Å². The van der Waals surface area contributed by atoms with Crippen LogP contribution in [-0.2, 0) is 9.53 Å². The third kappa shape index (κ3) is 2.69. The number of thiazole rings is 1. The van der Waals surface area contributed by atoms with E-state index >= 15 is 0 Å². The number of aliphatic carboxylic acids is 1. The molecular formula is C13H18N2O4S. The van der Waals surface area contributed by atoms with E-state index in [4.69, 9.17) is 9.84 Å². The van der Waals surface area contributed by atoms with Crippen LogP contribution in [0, 0.1) is 6.92 Å². The molecule has 0 aromatic carbocycles. The summed E-state index contributed by atoms with van der Waals surface area (Å²) in [5.41, 5.74) is 0.634. The summed E-state index contributed by atoms with van der Waals surface area (Å²) in [6.07, 6.45) is 1.07. The van der Waals surface area contributed by atoms with E-state index in [9.17, 15) is 9.59 Å². The standard InChI is InChI=1S/C13H18N2O4S/c1-7-10(20-11(14-7)8(2)19-3)12(16)15-6-4-5-9(15)13(17)18/h8-9H,4-6H2,1-3H3,(H,17,18). The van der Waals surface area contributed by atoms with Crippen molar-refractivity contribution in [2.75, 3.05) is 13.7 Å². The van der Waals surface area contributed by atoms with Gasteiger partial charge in [0.15, 0.2) is 0 Å².